The van der Waals surface area contributed by atoms with Crippen LogP contribution in [0.3, 0.4) is 0 Å². The number of nitrogens with zero attached hydrogens (tertiary/aromatic N) is 2. The van der Waals surface area contributed by atoms with Crippen LogP contribution in [-0.2, 0) is 0 Å². The number of furan rings is 1. The zero-order valence-electron chi connectivity index (χ0n) is 11.7. The molecule has 0 saturated heterocycles. The number of aromatic nitrogens is 3. The summed E-state index contributed by atoms with van der Waals surface area (Å²) in [6, 6.07) is 9.07. The molecule has 3 N–H and O–H groups in total. The molecule has 0 unspecified atom stereocenters. The van der Waals surface area contributed by atoms with Crippen LogP contribution in [0.1, 0.15) is 5.56 Å². The van der Waals surface area contributed by atoms with Crippen LogP contribution in [0.2, 0.25) is 0 Å². The van der Waals surface area contributed by atoms with E-state index in [0.717, 1.165) is 11.0 Å². The molecule has 0 amide bonds. The van der Waals surface area contributed by atoms with Crippen molar-refractivity contribution < 1.29 is 14.6 Å². The van der Waals surface area contributed by atoms with Gasteiger partial charge in [-0.05, 0) is 37.3 Å². The van der Waals surface area contributed by atoms with Crippen LogP contribution in [0, 0.1) is 6.92 Å². The fraction of sp³-hybridized carbons (Fsp3) is 0.0625. The molecule has 0 spiro atoms. The van der Waals surface area contributed by atoms with Gasteiger partial charge in [0.2, 0.25) is 5.88 Å². The molecule has 110 valence electrons. The minimum atomic E-state index is -0.220. The molecule has 0 bridgehead atoms. The second-order valence-corrected chi connectivity index (χ2v) is 5.06. The molecule has 4 rings (SSSR count). The first-order chi connectivity index (χ1) is 10.7. The van der Waals surface area contributed by atoms with Gasteiger partial charge < -0.3 is 19.6 Å². The number of hydrogen-bond donors (Lipinski definition) is 3. The zero-order valence-corrected chi connectivity index (χ0v) is 11.7. The van der Waals surface area contributed by atoms with Gasteiger partial charge in [-0.2, -0.15) is 0 Å². The van der Waals surface area contributed by atoms with Crippen molar-refractivity contribution in [2.24, 2.45) is 0 Å². The summed E-state index contributed by atoms with van der Waals surface area (Å²) >= 11 is 0. The summed E-state index contributed by atoms with van der Waals surface area (Å²) in [5, 5.41) is 20.4. The Morgan fingerprint density at radius 2 is 2.09 bits per heavy atom. The Morgan fingerprint density at radius 3 is 2.86 bits per heavy atom. The fourth-order valence-corrected chi connectivity index (χ4v) is 2.68. The third-order valence-electron chi connectivity index (χ3n) is 3.77. The van der Waals surface area contributed by atoms with Gasteiger partial charge in [0.05, 0.1) is 35.0 Å². The van der Waals surface area contributed by atoms with Crippen LogP contribution in [-0.4, -0.2) is 24.7 Å². The minimum absolute atomic E-state index is 0.156. The maximum absolute atomic E-state index is 10.3. The molecular weight excluding hydrogens is 282 g/mol. The maximum atomic E-state index is 10.3. The number of hydrogen-bond acceptors (Lipinski definition) is 4. The largest absolute Gasteiger partial charge is 0.503 e. The number of rotatable bonds is 2. The van der Waals surface area contributed by atoms with Crippen LogP contribution in [0.15, 0.2) is 47.3 Å². The van der Waals surface area contributed by atoms with Gasteiger partial charge >= 0.3 is 0 Å². The molecule has 3 heterocycles. The molecule has 0 saturated carbocycles. The van der Waals surface area contributed by atoms with Crippen LogP contribution in [0.5, 0.6) is 11.6 Å². The summed E-state index contributed by atoms with van der Waals surface area (Å²) in [6.07, 6.45) is 3.17. The Bertz CT molecular complexity index is 964. The van der Waals surface area contributed by atoms with Gasteiger partial charge in [0, 0.05) is 5.56 Å². The minimum Gasteiger partial charge on any atom is -0.503 e. The van der Waals surface area contributed by atoms with E-state index in [1.807, 2.05) is 18.2 Å². The van der Waals surface area contributed by atoms with E-state index in [2.05, 4.69) is 9.97 Å². The molecule has 0 aliphatic carbocycles. The lowest BCUT2D eigenvalue weighted by atomic mass is 10.2. The predicted molar refractivity (Wildman–Crippen MR) is 81.2 cm³/mol. The molecular formula is C16H13N3O3. The highest BCUT2D eigenvalue weighted by Gasteiger charge is 2.23. The number of H-pyrrole nitrogens is 1. The molecule has 6 heteroatoms. The van der Waals surface area contributed by atoms with Crippen LogP contribution >= 0.6 is 0 Å². The first kappa shape index (κ1) is 12.6. The lowest BCUT2D eigenvalue weighted by Gasteiger charge is -2.09. The molecule has 3 aromatic heterocycles. The molecule has 4 aromatic rings. The number of imidazole rings is 1. The molecule has 1 aromatic carbocycles. The van der Waals surface area contributed by atoms with Crippen molar-refractivity contribution in [3.05, 3.63) is 48.5 Å². The summed E-state index contributed by atoms with van der Waals surface area (Å²) in [6.45, 7) is 1.73. The second kappa shape index (κ2) is 4.42. The van der Waals surface area contributed by atoms with Crippen molar-refractivity contribution in [1.82, 2.24) is 14.5 Å². The standard InChI is InChI=1S/C16H13N3O3/c1-9-14(13-3-2-6-22-13)19(16(21)15(9)20)10-4-5-11-12(7-10)18-8-17-11/h2-8,20-21H,1H3,(H,17,18). The number of benzene rings is 1. The van der Waals surface area contributed by atoms with Crippen molar-refractivity contribution >= 4 is 11.0 Å². The Labute approximate surface area is 125 Å². The van der Waals surface area contributed by atoms with Crippen molar-refractivity contribution in [2.45, 2.75) is 6.92 Å². The van der Waals surface area contributed by atoms with E-state index >= 15 is 0 Å². The first-order valence-electron chi connectivity index (χ1n) is 6.77. The lowest BCUT2D eigenvalue weighted by Crippen LogP contribution is -1.96. The highest BCUT2D eigenvalue weighted by molar-refractivity contribution is 5.79. The van der Waals surface area contributed by atoms with E-state index < -0.39 is 0 Å². The monoisotopic (exact) mass is 295 g/mol. The topological polar surface area (TPSA) is 87.2 Å². The number of fused-ring (bicyclic) bond motifs is 1. The molecule has 0 aliphatic rings. The number of aromatic hydroxyl groups is 2. The quantitative estimate of drug-likeness (QED) is 0.529. The van der Waals surface area contributed by atoms with E-state index in [9.17, 15) is 10.2 Å². The molecule has 0 fully saturated rings. The van der Waals surface area contributed by atoms with Crippen LogP contribution < -0.4 is 0 Å². The van der Waals surface area contributed by atoms with Crippen LogP contribution in [0.4, 0.5) is 0 Å². The van der Waals surface area contributed by atoms with Crippen LogP contribution in [0.25, 0.3) is 28.2 Å². The SMILES string of the molecule is Cc1c(O)c(O)n(-c2ccc3nc[nH]c3c2)c1-c1ccco1. The second-order valence-electron chi connectivity index (χ2n) is 5.06. The van der Waals surface area contributed by atoms with Gasteiger partial charge in [-0.25, -0.2) is 4.98 Å². The smallest absolute Gasteiger partial charge is 0.240 e. The lowest BCUT2D eigenvalue weighted by molar-refractivity contribution is 0.386. The van der Waals surface area contributed by atoms with Gasteiger partial charge in [0.25, 0.3) is 0 Å². The number of nitrogens with one attached hydrogen (secondary N) is 1. The molecule has 0 aliphatic heterocycles. The van der Waals surface area contributed by atoms with E-state index in [0.29, 0.717) is 22.7 Å². The van der Waals surface area contributed by atoms with Crippen molar-refractivity contribution in [1.29, 1.82) is 0 Å². The normalized spacial score (nSPS) is 11.3. The summed E-state index contributed by atoms with van der Waals surface area (Å²) in [5.74, 6) is 0.191. The fourth-order valence-electron chi connectivity index (χ4n) is 2.68. The Hall–Kier alpha value is -3.15. The van der Waals surface area contributed by atoms with Gasteiger partial charge in [-0.1, -0.05) is 0 Å². The van der Waals surface area contributed by atoms with Crippen molar-refractivity contribution in [3.63, 3.8) is 0 Å². The maximum Gasteiger partial charge on any atom is 0.240 e. The Kier molecular flexibility index (Phi) is 2.53. The van der Waals surface area contributed by atoms with Crippen molar-refractivity contribution in [3.8, 4) is 28.8 Å². The van der Waals surface area contributed by atoms with Crippen molar-refractivity contribution in [2.75, 3.05) is 0 Å². The van der Waals surface area contributed by atoms with E-state index in [-0.39, 0.29) is 11.6 Å². The molecule has 22 heavy (non-hydrogen) atoms. The predicted octanol–water partition coefficient (Wildman–Crippen LogP) is 3.33. The van der Waals surface area contributed by atoms with Gasteiger partial charge in [0.1, 0.15) is 0 Å². The number of aromatic amines is 1. The highest BCUT2D eigenvalue weighted by atomic mass is 16.3. The van der Waals surface area contributed by atoms with E-state index in [1.165, 1.54) is 0 Å². The summed E-state index contributed by atoms with van der Waals surface area (Å²) in [4.78, 5) is 7.21. The van der Waals surface area contributed by atoms with E-state index in [1.54, 1.807) is 36.2 Å². The van der Waals surface area contributed by atoms with E-state index in [4.69, 9.17) is 4.42 Å². The summed E-state index contributed by atoms with van der Waals surface area (Å²) in [7, 11) is 0. The zero-order chi connectivity index (χ0) is 15.3. The summed E-state index contributed by atoms with van der Waals surface area (Å²) < 4.78 is 7.00. The van der Waals surface area contributed by atoms with Gasteiger partial charge in [0.15, 0.2) is 11.5 Å². The Morgan fingerprint density at radius 1 is 1.23 bits per heavy atom. The summed E-state index contributed by atoms with van der Waals surface area (Å²) in [5.41, 5.74) is 3.53. The molecule has 0 radical (unpaired) electrons. The highest BCUT2D eigenvalue weighted by Crippen LogP contribution is 2.42. The third kappa shape index (κ3) is 1.64. The van der Waals surface area contributed by atoms with Gasteiger partial charge in [-0.15, -0.1) is 0 Å². The Balaban J connectivity index is 2.03. The third-order valence-corrected chi connectivity index (χ3v) is 3.77. The van der Waals surface area contributed by atoms with Gasteiger partial charge in [-0.3, -0.25) is 4.57 Å². The average Bonchev–Trinajstić information content (AvgIpc) is 3.23. The molecule has 0 atom stereocenters. The first-order valence-corrected chi connectivity index (χ1v) is 6.77. The molecule has 6 nitrogen and oxygen atoms in total. The average molecular weight is 295 g/mol.